The third-order valence-corrected chi connectivity index (χ3v) is 3.40. The SMILES string of the molecule is Nc1ccc(C(=O)c2c[nH]c3nccc(Cl)c23)c(N)c1. The van der Waals surface area contributed by atoms with Gasteiger partial charge in [0.15, 0.2) is 5.78 Å². The number of hydrogen-bond acceptors (Lipinski definition) is 4. The number of fused-ring (bicyclic) bond motifs is 1. The van der Waals surface area contributed by atoms with Crippen molar-refractivity contribution in [2.24, 2.45) is 0 Å². The Hall–Kier alpha value is -2.53. The number of nitrogen functional groups attached to an aromatic ring is 2. The maximum atomic E-state index is 12.6. The van der Waals surface area contributed by atoms with Crippen molar-refractivity contribution in [3.63, 3.8) is 0 Å². The van der Waals surface area contributed by atoms with E-state index in [0.29, 0.717) is 38.6 Å². The van der Waals surface area contributed by atoms with Gasteiger partial charge in [-0.3, -0.25) is 4.79 Å². The zero-order valence-electron chi connectivity index (χ0n) is 10.4. The molecule has 0 aliphatic rings. The Balaban J connectivity index is 2.18. The molecular formula is C14H11ClN4O. The quantitative estimate of drug-likeness (QED) is 0.498. The molecule has 1 aromatic carbocycles. The molecule has 5 N–H and O–H groups in total. The molecule has 0 aliphatic carbocycles. The predicted octanol–water partition coefficient (Wildman–Crippen LogP) is 2.61. The van der Waals surface area contributed by atoms with Crippen LogP contribution in [0.3, 0.4) is 0 Å². The number of anilines is 2. The summed E-state index contributed by atoms with van der Waals surface area (Å²) >= 11 is 6.14. The van der Waals surface area contributed by atoms with Gasteiger partial charge in [0.25, 0.3) is 0 Å². The number of aromatic amines is 1. The molecule has 20 heavy (non-hydrogen) atoms. The summed E-state index contributed by atoms with van der Waals surface area (Å²) in [5.41, 5.74) is 13.7. The average molecular weight is 287 g/mol. The van der Waals surface area contributed by atoms with E-state index in [-0.39, 0.29) is 5.78 Å². The molecule has 0 atom stereocenters. The van der Waals surface area contributed by atoms with Crippen LogP contribution in [-0.4, -0.2) is 15.8 Å². The van der Waals surface area contributed by atoms with E-state index in [1.165, 1.54) is 0 Å². The molecule has 0 aliphatic heterocycles. The van der Waals surface area contributed by atoms with Crippen molar-refractivity contribution in [2.75, 3.05) is 11.5 Å². The molecule has 100 valence electrons. The second-order valence-corrected chi connectivity index (χ2v) is 4.80. The monoisotopic (exact) mass is 286 g/mol. The highest BCUT2D eigenvalue weighted by molar-refractivity contribution is 6.37. The number of H-pyrrole nitrogens is 1. The lowest BCUT2D eigenvalue weighted by Crippen LogP contribution is -2.05. The lowest BCUT2D eigenvalue weighted by molar-refractivity contribution is 0.104. The van der Waals surface area contributed by atoms with Crippen LogP contribution in [0.4, 0.5) is 11.4 Å². The molecule has 0 bridgehead atoms. The molecule has 6 heteroatoms. The summed E-state index contributed by atoms with van der Waals surface area (Å²) in [6.45, 7) is 0. The summed E-state index contributed by atoms with van der Waals surface area (Å²) in [5.74, 6) is -0.219. The van der Waals surface area contributed by atoms with Crippen LogP contribution in [-0.2, 0) is 0 Å². The third-order valence-electron chi connectivity index (χ3n) is 3.09. The lowest BCUT2D eigenvalue weighted by atomic mass is 10.0. The van der Waals surface area contributed by atoms with E-state index in [9.17, 15) is 4.79 Å². The number of halogens is 1. The van der Waals surface area contributed by atoms with Crippen molar-refractivity contribution >= 4 is 39.8 Å². The van der Waals surface area contributed by atoms with Gasteiger partial charge >= 0.3 is 0 Å². The van der Waals surface area contributed by atoms with Gasteiger partial charge in [0, 0.05) is 34.7 Å². The number of benzene rings is 1. The van der Waals surface area contributed by atoms with E-state index < -0.39 is 0 Å². The highest BCUT2D eigenvalue weighted by Gasteiger charge is 2.18. The summed E-state index contributed by atoms with van der Waals surface area (Å²) in [6.07, 6.45) is 3.16. The van der Waals surface area contributed by atoms with Crippen LogP contribution in [0.2, 0.25) is 5.02 Å². The highest BCUT2D eigenvalue weighted by atomic mass is 35.5. The summed E-state index contributed by atoms with van der Waals surface area (Å²) in [5, 5.41) is 1.06. The van der Waals surface area contributed by atoms with Crippen molar-refractivity contribution in [3.05, 3.63) is 52.8 Å². The third kappa shape index (κ3) is 1.88. The maximum Gasteiger partial charge on any atom is 0.197 e. The highest BCUT2D eigenvalue weighted by Crippen LogP contribution is 2.28. The smallest absolute Gasteiger partial charge is 0.197 e. The van der Waals surface area contributed by atoms with Gasteiger partial charge in [-0.25, -0.2) is 4.98 Å². The predicted molar refractivity (Wildman–Crippen MR) is 79.8 cm³/mol. The molecule has 3 aromatic rings. The molecule has 0 saturated heterocycles. The zero-order valence-corrected chi connectivity index (χ0v) is 11.1. The number of carbonyl (C=O) groups excluding carboxylic acids is 1. The zero-order chi connectivity index (χ0) is 14.3. The van der Waals surface area contributed by atoms with E-state index in [0.717, 1.165) is 0 Å². The fourth-order valence-electron chi connectivity index (χ4n) is 2.13. The molecule has 0 spiro atoms. The number of aromatic nitrogens is 2. The van der Waals surface area contributed by atoms with E-state index in [2.05, 4.69) is 9.97 Å². The Morgan fingerprint density at radius 3 is 2.75 bits per heavy atom. The Labute approximate surface area is 119 Å². The molecule has 0 fully saturated rings. The fraction of sp³-hybridized carbons (Fsp3) is 0. The van der Waals surface area contributed by atoms with Crippen LogP contribution in [0.25, 0.3) is 11.0 Å². The minimum atomic E-state index is -0.219. The molecule has 5 nitrogen and oxygen atoms in total. The number of ketones is 1. The average Bonchev–Trinajstić information content (AvgIpc) is 2.83. The lowest BCUT2D eigenvalue weighted by Gasteiger charge is -2.05. The van der Waals surface area contributed by atoms with Crippen LogP contribution in [0.1, 0.15) is 15.9 Å². The molecule has 0 radical (unpaired) electrons. The summed E-state index contributed by atoms with van der Waals surface area (Å²) in [4.78, 5) is 19.6. The number of hydrogen-bond donors (Lipinski definition) is 3. The summed E-state index contributed by atoms with van der Waals surface area (Å²) < 4.78 is 0. The minimum Gasteiger partial charge on any atom is -0.399 e. The van der Waals surface area contributed by atoms with Crippen molar-refractivity contribution < 1.29 is 4.79 Å². The number of nitrogens with one attached hydrogen (secondary N) is 1. The van der Waals surface area contributed by atoms with Crippen molar-refractivity contribution in [1.29, 1.82) is 0 Å². The molecule has 3 rings (SSSR count). The second kappa shape index (κ2) is 4.54. The first-order valence-electron chi connectivity index (χ1n) is 5.89. The van der Waals surface area contributed by atoms with E-state index in [4.69, 9.17) is 23.1 Å². The molecule has 0 unspecified atom stereocenters. The molecule has 2 aromatic heterocycles. The minimum absolute atomic E-state index is 0.219. The van der Waals surface area contributed by atoms with Crippen molar-refractivity contribution in [2.45, 2.75) is 0 Å². The molecule has 0 saturated carbocycles. The first-order chi connectivity index (χ1) is 9.58. The number of nitrogens with zero attached hydrogens (tertiary/aromatic N) is 1. The normalized spacial score (nSPS) is 10.8. The Morgan fingerprint density at radius 2 is 2.00 bits per heavy atom. The number of rotatable bonds is 2. The first-order valence-corrected chi connectivity index (χ1v) is 6.27. The van der Waals surface area contributed by atoms with Crippen molar-refractivity contribution in [1.82, 2.24) is 9.97 Å². The second-order valence-electron chi connectivity index (χ2n) is 4.39. The Morgan fingerprint density at radius 1 is 1.20 bits per heavy atom. The summed E-state index contributed by atoms with van der Waals surface area (Å²) in [7, 11) is 0. The van der Waals surface area contributed by atoms with Gasteiger partial charge < -0.3 is 16.5 Å². The van der Waals surface area contributed by atoms with Gasteiger partial charge in [-0.2, -0.15) is 0 Å². The van der Waals surface area contributed by atoms with Gasteiger partial charge in [-0.05, 0) is 24.3 Å². The van der Waals surface area contributed by atoms with Crippen LogP contribution >= 0.6 is 11.6 Å². The molecule has 2 heterocycles. The largest absolute Gasteiger partial charge is 0.399 e. The van der Waals surface area contributed by atoms with Gasteiger partial charge in [0.1, 0.15) is 5.65 Å². The fourth-order valence-corrected chi connectivity index (χ4v) is 2.38. The first kappa shape index (κ1) is 12.5. The van der Waals surface area contributed by atoms with Crippen LogP contribution in [0.5, 0.6) is 0 Å². The van der Waals surface area contributed by atoms with Crippen LogP contribution in [0.15, 0.2) is 36.7 Å². The molecule has 0 amide bonds. The van der Waals surface area contributed by atoms with Gasteiger partial charge in [-0.1, -0.05) is 11.6 Å². The standard InChI is InChI=1S/C14H11ClN4O/c15-10-3-4-18-14-12(10)9(6-19-14)13(20)8-2-1-7(16)5-11(8)17/h1-6H,16-17H2,(H,18,19). The van der Waals surface area contributed by atoms with Gasteiger partial charge in [0.2, 0.25) is 0 Å². The van der Waals surface area contributed by atoms with Crippen LogP contribution in [0, 0.1) is 0 Å². The number of carbonyl (C=O) groups is 1. The Kier molecular flexibility index (Phi) is 2.84. The van der Waals surface area contributed by atoms with E-state index in [1.807, 2.05) is 0 Å². The van der Waals surface area contributed by atoms with Gasteiger partial charge in [0.05, 0.1) is 10.6 Å². The van der Waals surface area contributed by atoms with Gasteiger partial charge in [-0.15, -0.1) is 0 Å². The Bertz CT molecular complexity index is 825. The van der Waals surface area contributed by atoms with E-state index in [1.54, 1.807) is 36.7 Å². The topological polar surface area (TPSA) is 97.8 Å². The summed E-state index contributed by atoms with van der Waals surface area (Å²) in [6, 6.07) is 6.44. The maximum absolute atomic E-state index is 12.6. The van der Waals surface area contributed by atoms with E-state index >= 15 is 0 Å². The van der Waals surface area contributed by atoms with Crippen molar-refractivity contribution in [3.8, 4) is 0 Å². The molecular weight excluding hydrogens is 276 g/mol. The number of pyridine rings is 1. The number of nitrogens with two attached hydrogens (primary N) is 2. The van der Waals surface area contributed by atoms with Crippen LogP contribution < -0.4 is 11.5 Å².